The summed E-state index contributed by atoms with van der Waals surface area (Å²) in [5, 5.41) is 11.8. The van der Waals surface area contributed by atoms with E-state index in [4.69, 9.17) is 10.9 Å². The predicted octanol–water partition coefficient (Wildman–Crippen LogP) is 1.45. The molecule has 1 unspecified atom stereocenters. The molecule has 0 bridgehead atoms. The molecule has 0 aliphatic rings. The van der Waals surface area contributed by atoms with Crippen molar-refractivity contribution in [2.75, 3.05) is 0 Å². The van der Waals surface area contributed by atoms with E-state index in [9.17, 15) is 8.42 Å². The Labute approximate surface area is 123 Å². The summed E-state index contributed by atoms with van der Waals surface area (Å²) in [4.78, 5) is 0.108. The highest BCUT2D eigenvalue weighted by Crippen LogP contribution is 2.17. The Balaban J connectivity index is 2.37. The molecule has 2 rings (SSSR count). The fourth-order valence-corrected chi connectivity index (χ4v) is 3.04. The second-order valence-corrected chi connectivity index (χ2v) is 6.02. The van der Waals surface area contributed by atoms with Gasteiger partial charge in [0.1, 0.15) is 6.04 Å². The average molecular weight is 305 g/mol. The van der Waals surface area contributed by atoms with Gasteiger partial charge in [-0.3, -0.25) is 0 Å². The largest absolute Gasteiger partial charge is 0.409 e. The van der Waals surface area contributed by atoms with E-state index >= 15 is 0 Å². The second kappa shape index (κ2) is 6.38. The van der Waals surface area contributed by atoms with Crippen LogP contribution in [0.25, 0.3) is 0 Å². The number of nitrogens with zero attached hydrogens (tertiary/aromatic N) is 1. The van der Waals surface area contributed by atoms with Gasteiger partial charge < -0.3 is 10.9 Å². The van der Waals surface area contributed by atoms with Gasteiger partial charge in [-0.2, -0.15) is 4.72 Å². The van der Waals surface area contributed by atoms with Crippen molar-refractivity contribution in [1.82, 2.24) is 4.72 Å². The van der Waals surface area contributed by atoms with Crippen LogP contribution in [0.2, 0.25) is 0 Å². The van der Waals surface area contributed by atoms with E-state index < -0.39 is 16.1 Å². The zero-order chi connectivity index (χ0) is 15.3. The van der Waals surface area contributed by atoms with E-state index in [1.54, 1.807) is 48.5 Å². The molecule has 0 aliphatic heterocycles. The molecule has 1 atom stereocenters. The lowest BCUT2D eigenvalue weighted by Gasteiger charge is -2.17. The Morgan fingerprint density at radius 1 is 1.05 bits per heavy atom. The highest BCUT2D eigenvalue weighted by Gasteiger charge is 2.24. The number of amidine groups is 1. The number of sulfonamides is 1. The Bertz CT molecular complexity index is 716. The molecule has 0 radical (unpaired) electrons. The molecular formula is C14H15N3O3S. The number of benzene rings is 2. The van der Waals surface area contributed by atoms with E-state index in [-0.39, 0.29) is 10.7 Å². The van der Waals surface area contributed by atoms with Crippen LogP contribution in [0.5, 0.6) is 0 Å². The Kier molecular flexibility index (Phi) is 4.56. The minimum Gasteiger partial charge on any atom is -0.409 e. The molecule has 110 valence electrons. The first-order valence-electron chi connectivity index (χ1n) is 6.14. The first-order chi connectivity index (χ1) is 10.0. The maximum Gasteiger partial charge on any atom is 0.241 e. The molecule has 0 fully saturated rings. The molecule has 0 amide bonds. The maximum absolute atomic E-state index is 12.3. The lowest BCUT2D eigenvalue weighted by atomic mass is 10.1. The summed E-state index contributed by atoms with van der Waals surface area (Å²) in [5.41, 5.74) is 6.18. The van der Waals surface area contributed by atoms with Crippen molar-refractivity contribution >= 4 is 15.9 Å². The van der Waals surface area contributed by atoms with Gasteiger partial charge in [-0.05, 0) is 17.7 Å². The number of nitrogens with two attached hydrogens (primary N) is 1. The van der Waals surface area contributed by atoms with Crippen LogP contribution in [0, 0.1) is 0 Å². The normalized spacial score (nSPS) is 13.8. The number of rotatable bonds is 5. The highest BCUT2D eigenvalue weighted by molar-refractivity contribution is 7.89. The van der Waals surface area contributed by atoms with Crippen LogP contribution in [0.4, 0.5) is 0 Å². The highest BCUT2D eigenvalue weighted by atomic mass is 32.2. The van der Waals surface area contributed by atoms with E-state index in [1.807, 2.05) is 0 Å². The third-order valence-electron chi connectivity index (χ3n) is 2.87. The smallest absolute Gasteiger partial charge is 0.241 e. The molecule has 0 aliphatic carbocycles. The van der Waals surface area contributed by atoms with E-state index in [0.717, 1.165) is 0 Å². The summed E-state index contributed by atoms with van der Waals surface area (Å²) in [5.74, 6) is -0.235. The molecule has 0 saturated heterocycles. The van der Waals surface area contributed by atoms with Crippen LogP contribution in [0.1, 0.15) is 11.6 Å². The van der Waals surface area contributed by atoms with Gasteiger partial charge in [0.25, 0.3) is 0 Å². The first-order valence-corrected chi connectivity index (χ1v) is 7.62. The molecule has 21 heavy (non-hydrogen) atoms. The quantitative estimate of drug-likeness (QED) is 0.336. The third kappa shape index (κ3) is 3.59. The molecule has 0 heterocycles. The van der Waals surface area contributed by atoms with Gasteiger partial charge >= 0.3 is 0 Å². The SMILES string of the molecule is N/C(=N\O)C(NS(=O)(=O)c1ccccc1)c1ccccc1. The Morgan fingerprint density at radius 3 is 2.10 bits per heavy atom. The first kappa shape index (κ1) is 15.0. The topological polar surface area (TPSA) is 105 Å². The van der Waals surface area contributed by atoms with Crippen molar-refractivity contribution in [3.8, 4) is 0 Å². The summed E-state index contributed by atoms with van der Waals surface area (Å²) in [7, 11) is -3.78. The third-order valence-corrected chi connectivity index (χ3v) is 4.31. The molecule has 0 saturated carbocycles. The van der Waals surface area contributed by atoms with Crippen LogP contribution >= 0.6 is 0 Å². The predicted molar refractivity (Wildman–Crippen MR) is 79.4 cm³/mol. The Hall–Kier alpha value is -2.38. The van der Waals surface area contributed by atoms with Crippen LogP contribution in [0.15, 0.2) is 70.7 Å². The van der Waals surface area contributed by atoms with Gasteiger partial charge in [0.15, 0.2) is 5.84 Å². The molecule has 6 nitrogen and oxygen atoms in total. The maximum atomic E-state index is 12.3. The van der Waals surface area contributed by atoms with Crippen molar-refractivity contribution < 1.29 is 13.6 Å². The zero-order valence-corrected chi connectivity index (χ0v) is 11.9. The van der Waals surface area contributed by atoms with Gasteiger partial charge in [0.2, 0.25) is 10.0 Å². The van der Waals surface area contributed by atoms with E-state index in [1.165, 1.54) is 12.1 Å². The van der Waals surface area contributed by atoms with Crippen molar-refractivity contribution in [3.05, 3.63) is 66.2 Å². The molecule has 0 aromatic heterocycles. The van der Waals surface area contributed by atoms with Crippen molar-refractivity contribution in [3.63, 3.8) is 0 Å². The minimum absolute atomic E-state index is 0.108. The monoisotopic (exact) mass is 305 g/mol. The van der Waals surface area contributed by atoms with Gasteiger partial charge in [0.05, 0.1) is 4.90 Å². The summed E-state index contributed by atoms with van der Waals surface area (Å²) < 4.78 is 27.1. The molecule has 2 aromatic rings. The number of hydrogen-bond donors (Lipinski definition) is 3. The molecule has 2 aromatic carbocycles. The van der Waals surface area contributed by atoms with Gasteiger partial charge in [-0.25, -0.2) is 8.42 Å². The summed E-state index contributed by atoms with van der Waals surface area (Å²) in [6, 6.07) is 15.6. The molecular weight excluding hydrogens is 290 g/mol. The molecule has 7 heteroatoms. The summed E-state index contributed by atoms with van der Waals surface area (Å²) in [6.07, 6.45) is 0. The van der Waals surface area contributed by atoms with Crippen LogP contribution in [-0.2, 0) is 10.0 Å². The van der Waals surface area contributed by atoms with Gasteiger partial charge in [0, 0.05) is 0 Å². The van der Waals surface area contributed by atoms with Crippen LogP contribution in [0.3, 0.4) is 0 Å². The summed E-state index contributed by atoms with van der Waals surface area (Å²) >= 11 is 0. The average Bonchev–Trinajstić information content (AvgIpc) is 2.53. The van der Waals surface area contributed by atoms with Crippen molar-refractivity contribution in [2.24, 2.45) is 10.9 Å². The number of nitrogens with one attached hydrogen (secondary N) is 1. The number of oxime groups is 1. The lowest BCUT2D eigenvalue weighted by molar-refractivity contribution is 0.315. The lowest BCUT2D eigenvalue weighted by Crippen LogP contribution is -2.37. The minimum atomic E-state index is -3.78. The van der Waals surface area contributed by atoms with E-state index in [0.29, 0.717) is 5.56 Å². The fourth-order valence-electron chi connectivity index (χ4n) is 1.83. The second-order valence-electron chi connectivity index (χ2n) is 4.30. The van der Waals surface area contributed by atoms with Crippen molar-refractivity contribution in [1.29, 1.82) is 0 Å². The number of hydrogen-bond acceptors (Lipinski definition) is 4. The van der Waals surface area contributed by atoms with Crippen LogP contribution in [-0.4, -0.2) is 19.5 Å². The fraction of sp³-hybridized carbons (Fsp3) is 0.0714. The van der Waals surface area contributed by atoms with E-state index in [2.05, 4.69) is 9.88 Å². The molecule has 4 N–H and O–H groups in total. The standard InChI is InChI=1S/C14H15N3O3S/c15-14(16-18)13(11-7-3-1-4-8-11)17-21(19,20)12-9-5-2-6-10-12/h1-10,13,17-18H,(H2,15,16). The van der Waals surface area contributed by atoms with Gasteiger partial charge in [-0.1, -0.05) is 53.7 Å². The van der Waals surface area contributed by atoms with Crippen molar-refractivity contribution in [2.45, 2.75) is 10.9 Å². The van der Waals surface area contributed by atoms with Gasteiger partial charge in [-0.15, -0.1) is 0 Å². The van der Waals surface area contributed by atoms with Crippen LogP contribution < -0.4 is 10.5 Å². The summed E-state index contributed by atoms with van der Waals surface area (Å²) in [6.45, 7) is 0. The zero-order valence-electron chi connectivity index (χ0n) is 11.0. The molecule has 0 spiro atoms. The Morgan fingerprint density at radius 2 is 1.57 bits per heavy atom.